The molecule has 0 fully saturated rings. The van der Waals surface area contributed by atoms with Gasteiger partial charge < -0.3 is 4.74 Å². The molecular weight excluding hydrogens is 366 g/mol. The Bertz CT molecular complexity index is 768. The van der Waals surface area contributed by atoms with Crippen LogP contribution < -0.4 is 0 Å². The summed E-state index contributed by atoms with van der Waals surface area (Å²) in [4.78, 5) is 12.9. The fourth-order valence-corrected chi connectivity index (χ4v) is 3.62. The molecule has 0 aromatic heterocycles. The fraction of sp³-hybridized carbons (Fsp3) is 0.333. The molecule has 0 saturated heterocycles. The van der Waals surface area contributed by atoms with E-state index in [0.29, 0.717) is 0 Å². The summed E-state index contributed by atoms with van der Waals surface area (Å²) < 4.78 is 7.25. The largest absolute Gasteiger partial charge is 0.444 e. The molecule has 0 heterocycles. The predicted octanol–water partition coefficient (Wildman–Crippen LogP) is 7.07. The second-order valence-corrected chi connectivity index (χ2v) is 7.41. The van der Waals surface area contributed by atoms with Crippen LogP contribution in [0.15, 0.2) is 72.5 Å². The zero-order valence-electron chi connectivity index (χ0n) is 16.8. The molecule has 0 atom stereocenters. The van der Waals surface area contributed by atoms with Crippen molar-refractivity contribution in [2.24, 2.45) is 0 Å². The maximum absolute atomic E-state index is 12.9. The highest BCUT2D eigenvalue weighted by Gasteiger charge is 2.22. The second kappa shape index (κ2) is 12.9. The first-order chi connectivity index (χ1) is 13.8. The third-order valence-corrected chi connectivity index (χ3v) is 5.18. The summed E-state index contributed by atoms with van der Waals surface area (Å²) in [6.07, 6.45) is 6.12. The highest BCUT2D eigenvalue weighted by atomic mass is 32.2. The molecule has 0 N–H and O–H groups in total. The molecule has 0 bridgehead atoms. The van der Waals surface area contributed by atoms with Gasteiger partial charge in [0.15, 0.2) is 0 Å². The van der Waals surface area contributed by atoms with Crippen LogP contribution >= 0.6 is 11.9 Å². The van der Waals surface area contributed by atoms with Crippen LogP contribution in [-0.4, -0.2) is 16.2 Å². The van der Waals surface area contributed by atoms with Gasteiger partial charge in [-0.1, -0.05) is 92.6 Å². The zero-order valence-corrected chi connectivity index (χ0v) is 17.6. The van der Waals surface area contributed by atoms with Gasteiger partial charge in [0.05, 0.1) is 0 Å². The molecule has 3 nitrogen and oxygen atoms in total. The molecule has 0 unspecified atom stereocenters. The van der Waals surface area contributed by atoms with Crippen LogP contribution in [0.25, 0.3) is 5.70 Å². The molecule has 2 aromatic carbocycles. The van der Waals surface area contributed by atoms with Crippen molar-refractivity contribution in [1.82, 2.24) is 4.31 Å². The number of amides is 1. The summed E-state index contributed by atoms with van der Waals surface area (Å²) in [5, 5.41) is 0. The van der Waals surface area contributed by atoms with E-state index in [4.69, 9.17) is 4.74 Å². The number of benzene rings is 2. The lowest BCUT2D eigenvalue weighted by Gasteiger charge is -2.22. The summed E-state index contributed by atoms with van der Waals surface area (Å²) in [6, 6.07) is 19.6. The zero-order chi connectivity index (χ0) is 20.0. The van der Waals surface area contributed by atoms with Gasteiger partial charge in [0.2, 0.25) is 0 Å². The molecule has 28 heavy (non-hydrogen) atoms. The Labute approximate surface area is 173 Å². The summed E-state index contributed by atoms with van der Waals surface area (Å²) in [7, 11) is 0. The van der Waals surface area contributed by atoms with Crippen molar-refractivity contribution < 1.29 is 9.53 Å². The number of hydrogen-bond donors (Lipinski definition) is 0. The summed E-state index contributed by atoms with van der Waals surface area (Å²) in [5.41, 5.74) is 5.86. The monoisotopic (exact) mass is 395 g/mol. The number of hydrogen-bond acceptors (Lipinski definition) is 3. The maximum Gasteiger partial charge on any atom is 0.425 e. The molecule has 0 saturated carbocycles. The topological polar surface area (TPSA) is 29.5 Å². The standard InChI is InChI=1S/C24H29NO2S/c1-3-5-6-13-19-28-25(23(14-4-2)22-17-11-8-12-18-22)24(26)27-20-21-15-9-7-10-16-21/h4,7-12,15-18H,3,5-6,13,19-20H2,1-2H3. The van der Waals surface area contributed by atoms with Crippen molar-refractivity contribution >= 4 is 23.7 Å². The first kappa shape index (κ1) is 21.9. The quantitative estimate of drug-likeness (QED) is 0.245. The minimum absolute atomic E-state index is 0.254. The summed E-state index contributed by atoms with van der Waals surface area (Å²) in [5.74, 6) is 0.863. The van der Waals surface area contributed by atoms with Crippen LogP contribution in [0, 0.1) is 0 Å². The molecule has 1 amide bonds. The average Bonchev–Trinajstić information content (AvgIpc) is 2.75. The molecule has 0 aliphatic heterocycles. The molecular formula is C24H29NO2S. The number of carbonyl (C=O) groups is 1. The number of rotatable bonds is 10. The van der Waals surface area contributed by atoms with Crippen LogP contribution in [0.1, 0.15) is 50.7 Å². The van der Waals surface area contributed by atoms with Crippen molar-refractivity contribution in [3.8, 4) is 0 Å². The molecule has 2 rings (SSSR count). The smallest absolute Gasteiger partial charge is 0.425 e. The SMILES string of the molecule is CC=C=C(c1ccccc1)N(SCCCCCC)C(=O)OCc1ccccc1. The average molecular weight is 396 g/mol. The van der Waals surface area contributed by atoms with E-state index in [-0.39, 0.29) is 12.7 Å². The molecule has 0 spiro atoms. The summed E-state index contributed by atoms with van der Waals surface area (Å²) >= 11 is 1.50. The van der Waals surface area contributed by atoms with Gasteiger partial charge in [0.25, 0.3) is 0 Å². The number of unbranched alkanes of at least 4 members (excludes halogenated alkanes) is 3. The second-order valence-electron chi connectivity index (χ2n) is 6.38. The lowest BCUT2D eigenvalue weighted by Crippen LogP contribution is -2.24. The molecule has 148 valence electrons. The minimum Gasteiger partial charge on any atom is -0.444 e. The normalized spacial score (nSPS) is 10.1. The van der Waals surface area contributed by atoms with Crippen molar-refractivity contribution in [2.75, 3.05) is 5.75 Å². The fourth-order valence-electron chi connectivity index (χ4n) is 2.66. The van der Waals surface area contributed by atoms with E-state index in [1.165, 1.54) is 31.2 Å². The van der Waals surface area contributed by atoms with Crippen LogP contribution in [-0.2, 0) is 11.3 Å². The van der Waals surface area contributed by atoms with E-state index in [1.54, 1.807) is 4.31 Å². The van der Waals surface area contributed by atoms with E-state index in [0.717, 1.165) is 29.0 Å². The molecule has 0 aliphatic carbocycles. The van der Waals surface area contributed by atoms with Crippen molar-refractivity contribution in [2.45, 2.75) is 46.1 Å². The van der Waals surface area contributed by atoms with Crippen LogP contribution in [0.2, 0.25) is 0 Å². The Morgan fingerprint density at radius 2 is 1.71 bits per heavy atom. The first-order valence-corrected chi connectivity index (χ1v) is 10.8. The lowest BCUT2D eigenvalue weighted by molar-refractivity contribution is 0.131. The Balaban J connectivity index is 2.14. The van der Waals surface area contributed by atoms with Gasteiger partial charge in [-0.25, -0.2) is 9.10 Å². The Kier molecular flexibility index (Phi) is 10.1. The van der Waals surface area contributed by atoms with Crippen LogP contribution in [0.5, 0.6) is 0 Å². The van der Waals surface area contributed by atoms with Gasteiger partial charge in [0, 0.05) is 11.3 Å². The number of ether oxygens (including phenoxy) is 1. The van der Waals surface area contributed by atoms with E-state index >= 15 is 0 Å². The van der Waals surface area contributed by atoms with Crippen molar-refractivity contribution in [3.05, 3.63) is 83.6 Å². The van der Waals surface area contributed by atoms with Crippen molar-refractivity contribution in [1.29, 1.82) is 0 Å². The van der Waals surface area contributed by atoms with E-state index in [2.05, 4.69) is 12.7 Å². The van der Waals surface area contributed by atoms with Gasteiger partial charge >= 0.3 is 6.09 Å². The summed E-state index contributed by atoms with van der Waals surface area (Å²) in [6.45, 7) is 4.36. The first-order valence-electron chi connectivity index (χ1n) is 9.86. The van der Waals surface area contributed by atoms with Crippen LogP contribution in [0.3, 0.4) is 0 Å². The Morgan fingerprint density at radius 1 is 1.04 bits per heavy atom. The van der Waals surface area contributed by atoms with Crippen LogP contribution in [0.4, 0.5) is 4.79 Å². The minimum atomic E-state index is -0.363. The molecule has 4 heteroatoms. The van der Waals surface area contributed by atoms with E-state index in [1.807, 2.05) is 73.7 Å². The number of allylic oxidation sites excluding steroid dienone is 1. The van der Waals surface area contributed by atoms with Gasteiger partial charge in [-0.05, 0) is 36.9 Å². The highest BCUT2D eigenvalue weighted by Crippen LogP contribution is 2.28. The third kappa shape index (κ3) is 7.30. The molecule has 0 radical (unpaired) electrons. The van der Waals surface area contributed by atoms with Gasteiger partial charge in [-0.3, -0.25) is 0 Å². The van der Waals surface area contributed by atoms with E-state index in [9.17, 15) is 4.79 Å². The van der Waals surface area contributed by atoms with Gasteiger partial charge in [-0.2, -0.15) is 0 Å². The Hall–Kier alpha value is -2.42. The maximum atomic E-state index is 12.9. The molecule has 0 aliphatic rings. The molecule has 2 aromatic rings. The highest BCUT2D eigenvalue weighted by molar-refractivity contribution is 7.97. The van der Waals surface area contributed by atoms with Crippen molar-refractivity contribution in [3.63, 3.8) is 0 Å². The van der Waals surface area contributed by atoms with E-state index < -0.39 is 0 Å². The Morgan fingerprint density at radius 3 is 2.36 bits per heavy atom. The third-order valence-electron chi connectivity index (χ3n) is 4.12. The predicted molar refractivity (Wildman–Crippen MR) is 119 cm³/mol. The lowest BCUT2D eigenvalue weighted by atomic mass is 10.1. The van der Waals surface area contributed by atoms with Gasteiger partial charge in [-0.15, -0.1) is 0 Å². The van der Waals surface area contributed by atoms with Gasteiger partial charge in [0.1, 0.15) is 12.3 Å². The number of nitrogens with zero attached hydrogens (tertiary/aromatic N) is 1. The number of carbonyl (C=O) groups excluding carboxylic acids is 1.